The zero-order valence-corrected chi connectivity index (χ0v) is 10.2. The molecule has 0 atom stereocenters. The summed E-state index contributed by atoms with van der Waals surface area (Å²) in [6.45, 7) is 5.96. The van der Waals surface area contributed by atoms with Gasteiger partial charge in [-0.2, -0.15) is 5.10 Å². The Labute approximate surface area is 100 Å². The summed E-state index contributed by atoms with van der Waals surface area (Å²) in [5.74, 6) is 0.129. The van der Waals surface area contributed by atoms with E-state index in [2.05, 4.69) is 10.1 Å². The molecule has 0 radical (unpaired) electrons. The minimum absolute atomic E-state index is 0.235. The lowest BCUT2D eigenvalue weighted by atomic mass is 10.3. The van der Waals surface area contributed by atoms with Crippen LogP contribution in [-0.4, -0.2) is 20.7 Å². The molecule has 0 aromatic carbocycles. The number of primary amides is 1. The maximum absolute atomic E-state index is 10.8. The van der Waals surface area contributed by atoms with Crippen molar-refractivity contribution in [1.29, 1.82) is 0 Å². The molecule has 0 spiro atoms. The Morgan fingerprint density at radius 3 is 2.59 bits per heavy atom. The van der Waals surface area contributed by atoms with Gasteiger partial charge in [0.05, 0.1) is 0 Å². The molecule has 0 aliphatic heterocycles. The van der Waals surface area contributed by atoms with Gasteiger partial charge in [0.25, 0.3) is 5.91 Å². The summed E-state index contributed by atoms with van der Waals surface area (Å²) < 4.78 is 1.52. The van der Waals surface area contributed by atoms with Crippen LogP contribution in [0.25, 0.3) is 5.82 Å². The molecule has 5 nitrogen and oxygen atoms in total. The van der Waals surface area contributed by atoms with Gasteiger partial charge in [-0.3, -0.25) is 4.79 Å². The monoisotopic (exact) mass is 232 g/mol. The van der Waals surface area contributed by atoms with Crippen LogP contribution in [0, 0.1) is 6.92 Å². The van der Waals surface area contributed by atoms with Gasteiger partial charge in [0, 0.05) is 12.4 Å². The summed E-state index contributed by atoms with van der Waals surface area (Å²) in [5.41, 5.74) is 6.41. The molecule has 2 rings (SSSR count). The van der Waals surface area contributed by atoms with Crippen molar-refractivity contribution in [3.05, 3.63) is 41.9 Å². The summed E-state index contributed by atoms with van der Waals surface area (Å²) in [6.07, 6.45) is 3.35. The van der Waals surface area contributed by atoms with Crippen molar-refractivity contribution in [2.45, 2.75) is 20.8 Å². The third kappa shape index (κ3) is 3.14. The van der Waals surface area contributed by atoms with Gasteiger partial charge in [0.1, 0.15) is 5.69 Å². The highest BCUT2D eigenvalue weighted by molar-refractivity contribution is 5.90. The fourth-order valence-electron chi connectivity index (χ4n) is 1.23. The van der Waals surface area contributed by atoms with Crippen LogP contribution < -0.4 is 5.73 Å². The molecule has 2 heterocycles. The number of aryl methyl sites for hydroxylation is 1. The molecule has 0 aliphatic rings. The number of nitrogens with zero attached hydrogens (tertiary/aromatic N) is 3. The molecule has 0 saturated carbocycles. The average Bonchev–Trinajstić information content (AvgIpc) is 2.81. The van der Waals surface area contributed by atoms with Gasteiger partial charge < -0.3 is 5.73 Å². The molecule has 2 aromatic rings. The second-order valence-corrected chi connectivity index (χ2v) is 3.20. The molecule has 2 aromatic heterocycles. The molecule has 0 saturated heterocycles. The normalized spacial score (nSPS) is 9.35. The first kappa shape index (κ1) is 12.9. The van der Waals surface area contributed by atoms with E-state index in [-0.39, 0.29) is 5.69 Å². The minimum Gasteiger partial charge on any atom is -0.364 e. The van der Waals surface area contributed by atoms with E-state index in [1.165, 1.54) is 4.68 Å². The molecular weight excluding hydrogens is 216 g/mol. The molecular formula is C12H16N4O. The van der Waals surface area contributed by atoms with Crippen LogP contribution in [0.1, 0.15) is 29.9 Å². The first-order valence-corrected chi connectivity index (χ1v) is 5.45. The molecule has 1 amide bonds. The minimum atomic E-state index is -0.540. The highest BCUT2D eigenvalue weighted by atomic mass is 16.1. The maximum Gasteiger partial charge on any atom is 0.269 e. The van der Waals surface area contributed by atoms with Gasteiger partial charge in [0.2, 0.25) is 0 Å². The van der Waals surface area contributed by atoms with Crippen LogP contribution in [0.4, 0.5) is 0 Å². The average molecular weight is 232 g/mol. The fourth-order valence-corrected chi connectivity index (χ4v) is 1.23. The molecule has 0 fully saturated rings. The second kappa shape index (κ2) is 5.79. The number of carbonyl (C=O) groups is 1. The summed E-state index contributed by atoms with van der Waals surface area (Å²) in [5, 5.41) is 4.00. The number of amides is 1. The summed E-state index contributed by atoms with van der Waals surface area (Å²) in [7, 11) is 0. The number of pyridine rings is 1. The lowest BCUT2D eigenvalue weighted by Crippen LogP contribution is -2.12. The Balaban J connectivity index is 0.000000686. The third-order valence-corrected chi connectivity index (χ3v) is 1.98. The molecule has 0 bridgehead atoms. The van der Waals surface area contributed by atoms with E-state index < -0.39 is 5.91 Å². The van der Waals surface area contributed by atoms with Crippen LogP contribution in [0.2, 0.25) is 0 Å². The Kier molecular flexibility index (Phi) is 4.39. The molecule has 17 heavy (non-hydrogen) atoms. The number of rotatable bonds is 2. The molecule has 2 N–H and O–H groups in total. The third-order valence-electron chi connectivity index (χ3n) is 1.98. The topological polar surface area (TPSA) is 73.8 Å². The van der Waals surface area contributed by atoms with Crippen LogP contribution >= 0.6 is 0 Å². The standard InChI is InChI=1S/C10H10N4O.C2H6/c1-7-2-4-12-9(6-7)14-5-3-8(13-14)10(11)15;1-2/h2-6H,1H3,(H2,11,15);1-2H3. The first-order valence-electron chi connectivity index (χ1n) is 5.45. The van der Waals surface area contributed by atoms with Crippen molar-refractivity contribution in [3.63, 3.8) is 0 Å². The second-order valence-electron chi connectivity index (χ2n) is 3.20. The van der Waals surface area contributed by atoms with Gasteiger partial charge >= 0.3 is 0 Å². The lowest BCUT2D eigenvalue weighted by Gasteiger charge is -2.00. The number of hydrogen-bond acceptors (Lipinski definition) is 3. The summed E-state index contributed by atoms with van der Waals surface area (Å²) in [4.78, 5) is 15.0. The Morgan fingerprint density at radius 2 is 2.06 bits per heavy atom. The Morgan fingerprint density at radius 1 is 1.35 bits per heavy atom. The van der Waals surface area contributed by atoms with E-state index in [9.17, 15) is 4.79 Å². The van der Waals surface area contributed by atoms with Crippen LogP contribution in [0.15, 0.2) is 30.6 Å². The maximum atomic E-state index is 10.8. The van der Waals surface area contributed by atoms with Crippen molar-refractivity contribution in [3.8, 4) is 5.82 Å². The molecule has 5 heteroatoms. The zero-order valence-electron chi connectivity index (χ0n) is 10.2. The first-order chi connectivity index (χ1) is 8.16. The zero-order chi connectivity index (χ0) is 12.8. The smallest absolute Gasteiger partial charge is 0.269 e. The van der Waals surface area contributed by atoms with E-state index in [1.54, 1.807) is 18.5 Å². The SMILES string of the molecule is CC.Cc1ccnc(-n2ccc(C(N)=O)n2)c1. The Hall–Kier alpha value is -2.17. The number of aromatic nitrogens is 3. The predicted molar refractivity (Wildman–Crippen MR) is 66.0 cm³/mol. The van der Waals surface area contributed by atoms with Crippen molar-refractivity contribution in [2.75, 3.05) is 0 Å². The van der Waals surface area contributed by atoms with Gasteiger partial charge in [-0.1, -0.05) is 13.8 Å². The highest BCUT2D eigenvalue weighted by Gasteiger charge is 2.06. The van der Waals surface area contributed by atoms with E-state index in [0.29, 0.717) is 5.82 Å². The van der Waals surface area contributed by atoms with Crippen molar-refractivity contribution < 1.29 is 4.79 Å². The van der Waals surface area contributed by atoms with E-state index in [0.717, 1.165) is 5.56 Å². The van der Waals surface area contributed by atoms with Crippen molar-refractivity contribution in [1.82, 2.24) is 14.8 Å². The van der Waals surface area contributed by atoms with E-state index in [1.807, 2.05) is 32.9 Å². The summed E-state index contributed by atoms with van der Waals surface area (Å²) >= 11 is 0. The molecule has 0 unspecified atom stereocenters. The van der Waals surface area contributed by atoms with Gasteiger partial charge in [-0.05, 0) is 30.7 Å². The largest absolute Gasteiger partial charge is 0.364 e. The van der Waals surface area contributed by atoms with Gasteiger partial charge in [-0.15, -0.1) is 0 Å². The van der Waals surface area contributed by atoms with E-state index >= 15 is 0 Å². The number of nitrogens with two attached hydrogens (primary N) is 1. The van der Waals surface area contributed by atoms with Gasteiger partial charge in [0.15, 0.2) is 5.82 Å². The van der Waals surface area contributed by atoms with Crippen LogP contribution in [0.3, 0.4) is 0 Å². The van der Waals surface area contributed by atoms with Gasteiger partial charge in [-0.25, -0.2) is 9.67 Å². The van der Waals surface area contributed by atoms with Crippen molar-refractivity contribution in [2.24, 2.45) is 5.73 Å². The predicted octanol–water partition coefficient (Wildman–Crippen LogP) is 1.70. The van der Waals surface area contributed by atoms with Crippen molar-refractivity contribution >= 4 is 5.91 Å². The number of carbonyl (C=O) groups excluding carboxylic acids is 1. The molecule has 0 aliphatic carbocycles. The van der Waals surface area contributed by atoms with Crippen LogP contribution in [-0.2, 0) is 0 Å². The number of hydrogen-bond donors (Lipinski definition) is 1. The quantitative estimate of drug-likeness (QED) is 0.856. The Bertz CT molecular complexity index is 505. The molecule has 90 valence electrons. The summed E-state index contributed by atoms with van der Waals surface area (Å²) in [6, 6.07) is 5.33. The lowest BCUT2D eigenvalue weighted by molar-refractivity contribution is 0.0995. The van der Waals surface area contributed by atoms with Crippen LogP contribution in [0.5, 0.6) is 0 Å². The van der Waals surface area contributed by atoms with E-state index in [4.69, 9.17) is 5.73 Å². The fraction of sp³-hybridized carbons (Fsp3) is 0.250. The highest BCUT2D eigenvalue weighted by Crippen LogP contribution is 2.06.